The van der Waals surface area contributed by atoms with Gasteiger partial charge in [0.2, 0.25) is 0 Å². The van der Waals surface area contributed by atoms with Gasteiger partial charge in [0.05, 0.1) is 0 Å². The monoisotopic (exact) mass is 251 g/mol. The summed E-state index contributed by atoms with van der Waals surface area (Å²) in [5, 5.41) is 3.85. The lowest BCUT2D eigenvalue weighted by Crippen LogP contribution is -2.53. The van der Waals surface area contributed by atoms with Gasteiger partial charge in [-0.3, -0.25) is 0 Å². The number of halogens is 1. The fraction of sp³-hybridized carbons (Fsp3) is 0.600. The van der Waals surface area contributed by atoms with Crippen molar-refractivity contribution < 1.29 is 0 Å². The summed E-state index contributed by atoms with van der Waals surface area (Å²) in [6, 6.07) is 11.1. The van der Waals surface area contributed by atoms with Gasteiger partial charge in [-0.2, -0.15) is 0 Å². The van der Waals surface area contributed by atoms with Crippen LogP contribution in [0.2, 0.25) is 0 Å². The molecule has 0 bridgehead atoms. The van der Waals surface area contributed by atoms with Crippen molar-refractivity contribution in [2.75, 3.05) is 6.54 Å². The molecule has 2 unspecified atom stereocenters. The highest BCUT2D eigenvalue weighted by molar-refractivity contribution is 5.85. The normalized spacial score (nSPS) is 32.4. The summed E-state index contributed by atoms with van der Waals surface area (Å²) in [5.74, 6) is 0.873. The number of benzene rings is 1. The molecule has 2 heteroatoms. The number of hydrogen-bond acceptors (Lipinski definition) is 1. The SMILES string of the molecule is Cl.c1ccc(C23CCCCC2CCCN3)cc1. The third-order valence-electron chi connectivity index (χ3n) is 4.53. The van der Waals surface area contributed by atoms with Crippen molar-refractivity contribution in [3.05, 3.63) is 35.9 Å². The molecule has 94 valence electrons. The topological polar surface area (TPSA) is 12.0 Å². The van der Waals surface area contributed by atoms with Crippen molar-refractivity contribution in [2.24, 2.45) is 5.92 Å². The molecule has 0 spiro atoms. The Hall–Kier alpha value is -0.530. The van der Waals surface area contributed by atoms with Crippen molar-refractivity contribution in [3.8, 4) is 0 Å². The van der Waals surface area contributed by atoms with Gasteiger partial charge in [-0.25, -0.2) is 0 Å². The molecule has 17 heavy (non-hydrogen) atoms. The summed E-state index contributed by atoms with van der Waals surface area (Å²) in [6.07, 6.45) is 8.35. The number of piperidine rings is 1. The van der Waals surface area contributed by atoms with Gasteiger partial charge in [-0.05, 0) is 43.7 Å². The highest BCUT2D eigenvalue weighted by Gasteiger charge is 2.42. The van der Waals surface area contributed by atoms with Crippen LogP contribution >= 0.6 is 12.4 Å². The van der Waals surface area contributed by atoms with Crippen LogP contribution in [0.25, 0.3) is 0 Å². The minimum Gasteiger partial charge on any atom is -0.307 e. The van der Waals surface area contributed by atoms with E-state index >= 15 is 0 Å². The molecule has 1 aromatic rings. The Balaban J connectivity index is 0.00000108. The van der Waals surface area contributed by atoms with E-state index in [0.29, 0.717) is 5.54 Å². The molecule has 1 saturated heterocycles. The van der Waals surface area contributed by atoms with Crippen molar-refractivity contribution >= 4 is 12.4 Å². The fourth-order valence-electron chi connectivity index (χ4n) is 3.75. The van der Waals surface area contributed by atoms with Crippen LogP contribution in [-0.2, 0) is 5.54 Å². The Kier molecular flexibility index (Phi) is 4.11. The minimum atomic E-state index is 0. The molecule has 1 nitrogen and oxygen atoms in total. The second kappa shape index (κ2) is 5.41. The molecule has 1 N–H and O–H groups in total. The smallest absolute Gasteiger partial charge is 0.0463 e. The van der Waals surface area contributed by atoms with Gasteiger partial charge in [0.25, 0.3) is 0 Å². The van der Waals surface area contributed by atoms with E-state index in [1.165, 1.54) is 50.6 Å². The zero-order valence-electron chi connectivity index (χ0n) is 10.3. The lowest BCUT2D eigenvalue weighted by atomic mass is 9.65. The average molecular weight is 252 g/mol. The Labute approximate surface area is 110 Å². The Morgan fingerprint density at radius 2 is 1.76 bits per heavy atom. The Morgan fingerprint density at radius 3 is 2.59 bits per heavy atom. The third kappa shape index (κ3) is 2.23. The zero-order chi connectivity index (χ0) is 10.8. The molecule has 1 heterocycles. The highest BCUT2D eigenvalue weighted by atomic mass is 35.5. The maximum atomic E-state index is 3.85. The van der Waals surface area contributed by atoms with Crippen LogP contribution in [0.4, 0.5) is 0 Å². The lowest BCUT2D eigenvalue weighted by Gasteiger charge is -2.48. The van der Waals surface area contributed by atoms with Crippen LogP contribution in [0.3, 0.4) is 0 Å². The highest BCUT2D eigenvalue weighted by Crippen LogP contribution is 2.45. The molecule has 1 aromatic carbocycles. The maximum absolute atomic E-state index is 3.85. The van der Waals surface area contributed by atoms with E-state index < -0.39 is 0 Å². The number of fused-ring (bicyclic) bond motifs is 1. The van der Waals surface area contributed by atoms with Crippen LogP contribution in [0.5, 0.6) is 0 Å². The molecule has 2 aliphatic rings. The van der Waals surface area contributed by atoms with E-state index in [0.717, 1.165) is 5.92 Å². The van der Waals surface area contributed by atoms with Crippen molar-refractivity contribution in [3.63, 3.8) is 0 Å². The Bertz CT molecular complexity index is 337. The first-order valence-corrected chi connectivity index (χ1v) is 6.72. The van der Waals surface area contributed by atoms with Crippen LogP contribution < -0.4 is 5.32 Å². The molecule has 1 aliphatic carbocycles. The number of rotatable bonds is 1. The second-order valence-corrected chi connectivity index (χ2v) is 5.35. The fourth-order valence-corrected chi connectivity index (χ4v) is 3.75. The molecular weight excluding hydrogens is 230 g/mol. The van der Waals surface area contributed by atoms with Gasteiger partial charge in [-0.1, -0.05) is 43.2 Å². The largest absolute Gasteiger partial charge is 0.307 e. The van der Waals surface area contributed by atoms with E-state index in [4.69, 9.17) is 0 Å². The van der Waals surface area contributed by atoms with Gasteiger partial charge in [0.15, 0.2) is 0 Å². The second-order valence-electron chi connectivity index (χ2n) is 5.35. The summed E-state index contributed by atoms with van der Waals surface area (Å²) in [4.78, 5) is 0. The molecule has 0 radical (unpaired) electrons. The van der Waals surface area contributed by atoms with Crippen LogP contribution in [0.1, 0.15) is 44.1 Å². The van der Waals surface area contributed by atoms with Crippen LogP contribution in [-0.4, -0.2) is 6.54 Å². The van der Waals surface area contributed by atoms with Crippen molar-refractivity contribution in [1.82, 2.24) is 5.32 Å². The van der Waals surface area contributed by atoms with E-state index in [1.807, 2.05) is 0 Å². The molecule has 2 atom stereocenters. The number of hydrogen-bond donors (Lipinski definition) is 1. The predicted octanol–water partition coefficient (Wildman–Crippen LogP) is 3.88. The maximum Gasteiger partial charge on any atom is 0.0463 e. The zero-order valence-corrected chi connectivity index (χ0v) is 11.1. The molecule has 0 amide bonds. The third-order valence-corrected chi connectivity index (χ3v) is 4.53. The summed E-state index contributed by atoms with van der Waals surface area (Å²) in [5.41, 5.74) is 1.84. The molecule has 1 aliphatic heterocycles. The Morgan fingerprint density at radius 1 is 1.00 bits per heavy atom. The summed E-state index contributed by atoms with van der Waals surface area (Å²) >= 11 is 0. The molecular formula is C15H22ClN. The first-order valence-electron chi connectivity index (χ1n) is 6.72. The quantitative estimate of drug-likeness (QED) is 0.799. The van der Waals surface area contributed by atoms with Gasteiger partial charge in [0, 0.05) is 5.54 Å². The first-order chi connectivity index (χ1) is 7.92. The molecule has 2 fully saturated rings. The summed E-state index contributed by atoms with van der Waals surface area (Å²) < 4.78 is 0. The van der Waals surface area contributed by atoms with E-state index in [2.05, 4.69) is 35.6 Å². The molecule has 3 rings (SSSR count). The standard InChI is InChI=1S/C15H21N.ClH/c1-2-7-13(8-3-1)15-11-5-4-9-14(15)10-6-12-16-15;/h1-3,7-8,14,16H,4-6,9-12H2;1H. The lowest BCUT2D eigenvalue weighted by molar-refractivity contribution is 0.101. The summed E-state index contributed by atoms with van der Waals surface area (Å²) in [6.45, 7) is 1.20. The van der Waals surface area contributed by atoms with Crippen LogP contribution in [0, 0.1) is 5.92 Å². The molecule has 1 saturated carbocycles. The van der Waals surface area contributed by atoms with E-state index in [9.17, 15) is 0 Å². The minimum absolute atomic E-state index is 0. The average Bonchev–Trinajstić information content (AvgIpc) is 2.40. The first kappa shape index (κ1) is 12.9. The summed E-state index contributed by atoms with van der Waals surface area (Å²) in [7, 11) is 0. The van der Waals surface area contributed by atoms with Gasteiger partial charge < -0.3 is 5.32 Å². The molecule has 0 aromatic heterocycles. The van der Waals surface area contributed by atoms with Crippen molar-refractivity contribution in [2.45, 2.75) is 44.1 Å². The van der Waals surface area contributed by atoms with E-state index in [-0.39, 0.29) is 12.4 Å². The predicted molar refractivity (Wildman–Crippen MR) is 74.6 cm³/mol. The van der Waals surface area contributed by atoms with Crippen LogP contribution in [0.15, 0.2) is 30.3 Å². The van der Waals surface area contributed by atoms with Gasteiger partial charge in [-0.15, -0.1) is 12.4 Å². The van der Waals surface area contributed by atoms with Gasteiger partial charge >= 0.3 is 0 Å². The number of nitrogens with one attached hydrogen (secondary N) is 1. The van der Waals surface area contributed by atoms with E-state index in [1.54, 1.807) is 0 Å². The van der Waals surface area contributed by atoms with Crippen molar-refractivity contribution in [1.29, 1.82) is 0 Å². The van der Waals surface area contributed by atoms with Gasteiger partial charge in [0.1, 0.15) is 0 Å².